The van der Waals surface area contributed by atoms with Crippen LogP contribution in [-0.2, 0) is 4.79 Å². The minimum atomic E-state index is 0.0598. The Hall–Kier alpha value is -0.610. The summed E-state index contributed by atoms with van der Waals surface area (Å²) in [5, 5.41) is 3.37. The van der Waals surface area contributed by atoms with Gasteiger partial charge in [0.05, 0.1) is 6.04 Å². The second kappa shape index (κ2) is 5.36. The summed E-state index contributed by atoms with van der Waals surface area (Å²) < 4.78 is 0. The van der Waals surface area contributed by atoms with E-state index in [1.54, 1.807) is 0 Å². The summed E-state index contributed by atoms with van der Waals surface area (Å²) in [7, 11) is 2.12. The minimum absolute atomic E-state index is 0.0598. The number of rotatable bonds is 1. The Kier molecular flexibility index (Phi) is 4.05. The topological polar surface area (TPSA) is 35.6 Å². The number of nitrogens with one attached hydrogen (secondary N) is 1. The number of nitrogens with zero attached hydrogens (tertiary/aromatic N) is 2. The van der Waals surface area contributed by atoms with Gasteiger partial charge in [0.1, 0.15) is 0 Å². The van der Waals surface area contributed by atoms with Crippen LogP contribution in [0.5, 0.6) is 0 Å². The third-order valence-corrected chi connectivity index (χ3v) is 4.08. The van der Waals surface area contributed by atoms with Gasteiger partial charge in [-0.2, -0.15) is 0 Å². The molecule has 3 atom stereocenters. The van der Waals surface area contributed by atoms with Crippen LogP contribution in [0.1, 0.15) is 26.7 Å². The summed E-state index contributed by atoms with van der Waals surface area (Å²) in [6, 6.07) is 0.407. The predicted octanol–water partition coefficient (Wildman–Crippen LogP) is 0.537. The highest BCUT2D eigenvalue weighted by Gasteiger charge is 2.32. The molecule has 2 fully saturated rings. The number of piperidine rings is 1. The molecule has 2 saturated heterocycles. The predicted molar refractivity (Wildman–Crippen MR) is 68.9 cm³/mol. The summed E-state index contributed by atoms with van der Waals surface area (Å²) in [4.78, 5) is 16.8. The first kappa shape index (κ1) is 12.8. The highest BCUT2D eigenvalue weighted by molar-refractivity contribution is 5.82. The van der Waals surface area contributed by atoms with Crippen molar-refractivity contribution in [1.29, 1.82) is 0 Å². The lowest BCUT2D eigenvalue weighted by atomic mass is 9.93. The van der Waals surface area contributed by atoms with Gasteiger partial charge >= 0.3 is 0 Å². The van der Waals surface area contributed by atoms with Crippen LogP contribution in [0.4, 0.5) is 0 Å². The summed E-state index contributed by atoms with van der Waals surface area (Å²) in [5.41, 5.74) is 0. The Bertz CT molecular complexity index is 282. The molecule has 0 aromatic carbocycles. The molecule has 2 aliphatic heterocycles. The molecule has 2 aliphatic rings. The van der Waals surface area contributed by atoms with Crippen molar-refractivity contribution in [3.05, 3.63) is 0 Å². The first-order valence-corrected chi connectivity index (χ1v) is 6.80. The lowest BCUT2D eigenvalue weighted by molar-refractivity contribution is -0.138. The van der Waals surface area contributed by atoms with Crippen LogP contribution in [0, 0.1) is 5.92 Å². The van der Waals surface area contributed by atoms with E-state index in [4.69, 9.17) is 0 Å². The highest BCUT2D eigenvalue weighted by Crippen LogP contribution is 2.18. The number of piperazine rings is 1. The second-order valence-electron chi connectivity index (χ2n) is 5.78. The Morgan fingerprint density at radius 3 is 2.71 bits per heavy atom. The van der Waals surface area contributed by atoms with Gasteiger partial charge in [-0.05, 0) is 39.3 Å². The number of amides is 1. The van der Waals surface area contributed by atoms with Crippen molar-refractivity contribution in [2.24, 2.45) is 5.92 Å². The molecule has 0 bridgehead atoms. The standard InChI is InChI=1S/C13H25N3O/c1-10-4-5-14-12(8-10)13(17)16-7-6-15(3)9-11(16)2/h10-12,14H,4-9H2,1-3H3. The fourth-order valence-corrected chi connectivity index (χ4v) is 2.96. The van der Waals surface area contributed by atoms with E-state index in [2.05, 4.69) is 36.0 Å². The number of carbonyl (C=O) groups excluding carboxylic acids is 1. The van der Waals surface area contributed by atoms with E-state index < -0.39 is 0 Å². The zero-order valence-corrected chi connectivity index (χ0v) is 11.3. The number of likely N-dealkylation sites (N-methyl/N-ethyl adjacent to an activating group) is 1. The van der Waals surface area contributed by atoms with Crippen molar-refractivity contribution >= 4 is 5.91 Å². The smallest absolute Gasteiger partial charge is 0.240 e. The van der Waals surface area contributed by atoms with E-state index in [9.17, 15) is 4.79 Å². The largest absolute Gasteiger partial charge is 0.336 e. The van der Waals surface area contributed by atoms with E-state index in [-0.39, 0.29) is 6.04 Å². The maximum Gasteiger partial charge on any atom is 0.240 e. The number of hydrogen-bond donors (Lipinski definition) is 1. The van der Waals surface area contributed by atoms with Gasteiger partial charge in [0.25, 0.3) is 0 Å². The molecular formula is C13H25N3O. The summed E-state index contributed by atoms with van der Waals surface area (Å²) in [6.07, 6.45) is 2.19. The van der Waals surface area contributed by atoms with E-state index >= 15 is 0 Å². The van der Waals surface area contributed by atoms with Crippen molar-refractivity contribution in [3.63, 3.8) is 0 Å². The van der Waals surface area contributed by atoms with Crippen molar-refractivity contribution in [2.45, 2.75) is 38.8 Å². The highest BCUT2D eigenvalue weighted by atomic mass is 16.2. The van der Waals surface area contributed by atoms with Gasteiger partial charge in [-0.15, -0.1) is 0 Å². The second-order valence-corrected chi connectivity index (χ2v) is 5.78. The van der Waals surface area contributed by atoms with Gasteiger partial charge in [-0.3, -0.25) is 4.79 Å². The Balaban J connectivity index is 1.94. The van der Waals surface area contributed by atoms with Crippen LogP contribution >= 0.6 is 0 Å². The lowest BCUT2D eigenvalue weighted by Gasteiger charge is -2.41. The normalized spacial score (nSPS) is 35.9. The fraction of sp³-hybridized carbons (Fsp3) is 0.923. The molecule has 0 aliphatic carbocycles. The Morgan fingerprint density at radius 2 is 2.06 bits per heavy atom. The minimum Gasteiger partial charge on any atom is -0.336 e. The van der Waals surface area contributed by atoms with Gasteiger partial charge < -0.3 is 15.1 Å². The quantitative estimate of drug-likeness (QED) is 0.725. The van der Waals surface area contributed by atoms with Crippen LogP contribution in [0.15, 0.2) is 0 Å². The van der Waals surface area contributed by atoms with Crippen molar-refractivity contribution < 1.29 is 4.79 Å². The van der Waals surface area contributed by atoms with Gasteiger partial charge in [0.2, 0.25) is 5.91 Å². The SMILES string of the molecule is CC1CCNC(C(=O)N2CCN(C)CC2C)C1. The Labute approximate surface area is 104 Å². The third kappa shape index (κ3) is 2.99. The Morgan fingerprint density at radius 1 is 1.29 bits per heavy atom. The zero-order valence-electron chi connectivity index (χ0n) is 11.3. The maximum atomic E-state index is 12.5. The van der Waals surface area contributed by atoms with Crippen LogP contribution in [0.2, 0.25) is 0 Å². The maximum absolute atomic E-state index is 12.5. The number of carbonyl (C=O) groups is 1. The summed E-state index contributed by atoms with van der Waals surface area (Å²) in [6.45, 7) is 8.25. The lowest BCUT2D eigenvalue weighted by Crippen LogP contribution is -2.58. The molecule has 3 unspecified atom stereocenters. The van der Waals surface area contributed by atoms with Gasteiger partial charge in [-0.1, -0.05) is 6.92 Å². The first-order valence-electron chi connectivity index (χ1n) is 6.80. The average molecular weight is 239 g/mol. The van der Waals surface area contributed by atoms with Gasteiger partial charge in [0, 0.05) is 25.7 Å². The zero-order chi connectivity index (χ0) is 12.4. The molecule has 4 heteroatoms. The van der Waals surface area contributed by atoms with E-state index in [1.807, 2.05) is 0 Å². The molecule has 4 nitrogen and oxygen atoms in total. The molecule has 0 spiro atoms. The summed E-state index contributed by atoms with van der Waals surface area (Å²) in [5.74, 6) is 0.991. The average Bonchev–Trinajstić information content (AvgIpc) is 2.28. The van der Waals surface area contributed by atoms with E-state index in [0.29, 0.717) is 17.9 Å². The third-order valence-electron chi connectivity index (χ3n) is 4.08. The van der Waals surface area contributed by atoms with Gasteiger partial charge in [-0.25, -0.2) is 0 Å². The number of hydrogen-bond acceptors (Lipinski definition) is 3. The molecule has 2 rings (SSSR count). The molecule has 0 saturated carbocycles. The molecule has 1 N–H and O–H groups in total. The fourth-order valence-electron chi connectivity index (χ4n) is 2.96. The molecular weight excluding hydrogens is 214 g/mol. The van der Waals surface area contributed by atoms with Crippen LogP contribution in [0.25, 0.3) is 0 Å². The van der Waals surface area contributed by atoms with Crippen molar-refractivity contribution in [3.8, 4) is 0 Å². The molecule has 0 aromatic heterocycles. The van der Waals surface area contributed by atoms with Crippen LogP contribution < -0.4 is 5.32 Å². The summed E-state index contributed by atoms with van der Waals surface area (Å²) >= 11 is 0. The van der Waals surface area contributed by atoms with Crippen LogP contribution in [-0.4, -0.2) is 61.0 Å². The van der Waals surface area contributed by atoms with Crippen molar-refractivity contribution in [1.82, 2.24) is 15.1 Å². The molecule has 0 radical (unpaired) electrons. The molecule has 2 heterocycles. The van der Waals surface area contributed by atoms with Crippen molar-refractivity contribution in [2.75, 3.05) is 33.2 Å². The van der Waals surface area contributed by atoms with E-state index in [1.165, 1.54) is 6.42 Å². The monoisotopic (exact) mass is 239 g/mol. The van der Waals surface area contributed by atoms with Gasteiger partial charge in [0.15, 0.2) is 0 Å². The molecule has 17 heavy (non-hydrogen) atoms. The van der Waals surface area contributed by atoms with Crippen LogP contribution in [0.3, 0.4) is 0 Å². The van der Waals surface area contributed by atoms with E-state index in [0.717, 1.165) is 32.6 Å². The molecule has 0 aromatic rings. The first-order chi connectivity index (χ1) is 8.08. The molecule has 98 valence electrons. The molecule has 1 amide bonds.